The van der Waals surface area contributed by atoms with Gasteiger partial charge in [-0.05, 0) is 31.5 Å². The van der Waals surface area contributed by atoms with Gasteiger partial charge in [0.15, 0.2) is 11.9 Å². The molecule has 27 heavy (non-hydrogen) atoms. The molecule has 0 spiro atoms. The number of hydrogen-bond acceptors (Lipinski definition) is 6. The molecule has 0 heterocycles. The fourth-order valence-corrected chi connectivity index (χ4v) is 2.28. The van der Waals surface area contributed by atoms with Crippen molar-refractivity contribution in [3.8, 4) is 5.75 Å². The molecule has 0 saturated heterocycles. The Morgan fingerprint density at radius 2 is 1.89 bits per heavy atom. The smallest absolute Gasteiger partial charge is 0.339 e. The second-order valence-corrected chi connectivity index (χ2v) is 5.62. The lowest BCUT2D eigenvalue weighted by Gasteiger charge is -2.14. The molecule has 2 aromatic carbocycles. The summed E-state index contributed by atoms with van der Waals surface area (Å²) in [6.45, 7) is 3.68. The van der Waals surface area contributed by atoms with Gasteiger partial charge in [0.1, 0.15) is 0 Å². The number of carbonyl (C=O) groups excluding carboxylic acids is 2. The quantitative estimate of drug-likeness (QED) is 0.434. The minimum atomic E-state index is -1.05. The Hall–Kier alpha value is -3.42. The van der Waals surface area contributed by atoms with Crippen molar-refractivity contribution in [2.75, 3.05) is 6.61 Å². The number of esters is 1. The molecule has 0 aliphatic carbocycles. The van der Waals surface area contributed by atoms with Crippen LogP contribution in [0.15, 0.2) is 48.5 Å². The van der Waals surface area contributed by atoms with E-state index in [-0.39, 0.29) is 23.6 Å². The molecule has 0 fully saturated rings. The maximum absolute atomic E-state index is 12.2. The first-order chi connectivity index (χ1) is 12.9. The predicted octanol–water partition coefficient (Wildman–Crippen LogP) is 2.86. The average Bonchev–Trinajstić information content (AvgIpc) is 2.67. The normalized spacial score (nSPS) is 11.3. The first-order valence-corrected chi connectivity index (χ1v) is 8.36. The molecular weight excluding hydrogens is 352 g/mol. The largest absolute Gasteiger partial charge is 0.487 e. The number of benzene rings is 2. The summed E-state index contributed by atoms with van der Waals surface area (Å²) in [6.07, 6.45) is -1.05. The summed E-state index contributed by atoms with van der Waals surface area (Å²) in [4.78, 5) is 34.8. The van der Waals surface area contributed by atoms with Crippen molar-refractivity contribution in [1.82, 2.24) is 5.32 Å². The first kappa shape index (κ1) is 19.9. The van der Waals surface area contributed by atoms with Crippen LogP contribution in [0.3, 0.4) is 0 Å². The van der Waals surface area contributed by atoms with Gasteiger partial charge in [-0.25, -0.2) is 4.79 Å². The Bertz CT molecular complexity index is 822. The molecule has 0 saturated carbocycles. The molecule has 1 N–H and O–H groups in total. The van der Waals surface area contributed by atoms with Crippen molar-refractivity contribution in [3.63, 3.8) is 0 Å². The van der Waals surface area contributed by atoms with Gasteiger partial charge in [-0.2, -0.15) is 0 Å². The van der Waals surface area contributed by atoms with Gasteiger partial charge in [-0.3, -0.25) is 14.9 Å². The van der Waals surface area contributed by atoms with E-state index in [1.165, 1.54) is 19.1 Å². The van der Waals surface area contributed by atoms with Gasteiger partial charge in [-0.15, -0.1) is 0 Å². The Labute approximate surface area is 156 Å². The molecule has 0 radical (unpaired) electrons. The van der Waals surface area contributed by atoms with Gasteiger partial charge < -0.3 is 14.8 Å². The van der Waals surface area contributed by atoms with Crippen molar-refractivity contribution in [2.45, 2.75) is 26.5 Å². The van der Waals surface area contributed by atoms with Crippen LogP contribution in [-0.4, -0.2) is 29.5 Å². The van der Waals surface area contributed by atoms with E-state index in [1.807, 2.05) is 30.3 Å². The van der Waals surface area contributed by atoms with Gasteiger partial charge in [0.05, 0.1) is 17.1 Å². The van der Waals surface area contributed by atoms with E-state index in [2.05, 4.69) is 5.32 Å². The standard InChI is InChI=1S/C19H20N2O6/c1-3-26-17-10-9-15(11-16(17)21(24)25)19(23)27-13(2)18(22)20-12-14-7-5-4-6-8-14/h4-11,13H,3,12H2,1-2H3,(H,20,22)/t13-/m0/s1. The zero-order valence-corrected chi connectivity index (χ0v) is 15.0. The number of amides is 1. The second kappa shape index (κ2) is 9.33. The Morgan fingerprint density at radius 1 is 1.19 bits per heavy atom. The number of nitro groups is 1. The SMILES string of the molecule is CCOc1ccc(C(=O)O[C@@H](C)C(=O)NCc2ccccc2)cc1[N+](=O)[O-]. The van der Waals surface area contributed by atoms with Crippen molar-refractivity contribution < 1.29 is 24.0 Å². The van der Waals surface area contributed by atoms with E-state index in [9.17, 15) is 19.7 Å². The molecule has 1 atom stereocenters. The molecule has 0 aliphatic rings. The third kappa shape index (κ3) is 5.53. The lowest BCUT2D eigenvalue weighted by Crippen LogP contribution is -2.35. The third-order valence-corrected chi connectivity index (χ3v) is 3.65. The van der Waals surface area contributed by atoms with Gasteiger partial charge in [0.25, 0.3) is 5.91 Å². The van der Waals surface area contributed by atoms with E-state index in [4.69, 9.17) is 9.47 Å². The average molecular weight is 372 g/mol. The summed E-state index contributed by atoms with van der Waals surface area (Å²) in [5.74, 6) is -1.23. The van der Waals surface area contributed by atoms with Crippen molar-refractivity contribution in [3.05, 3.63) is 69.8 Å². The first-order valence-electron chi connectivity index (χ1n) is 8.36. The minimum absolute atomic E-state index is 0.0344. The summed E-state index contributed by atoms with van der Waals surface area (Å²) in [6, 6.07) is 13.0. The summed E-state index contributed by atoms with van der Waals surface area (Å²) in [7, 11) is 0. The molecule has 1 amide bonds. The van der Waals surface area contributed by atoms with Gasteiger partial charge in [-0.1, -0.05) is 30.3 Å². The molecular formula is C19H20N2O6. The molecule has 142 valence electrons. The number of ether oxygens (including phenoxy) is 2. The summed E-state index contributed by atoms with van der Waals surface area (Å²) < 4.78 is 10.3. The van der Waals surface area contributed by atoms with Crippen molar-refractivity contribution in [1.29, 1.82) is 0 Å². The lowest BCUT2D eigenvalue weighted by atomic mass is 10.2. The number of rotatable bonds is 8. The number of nitrogens with zero attached hydrogens (tertiary/aromatic N) is 1. The monoisotopic (exact) mass is 372 g/mol. The lowest BCUT2D eigenvalue weighted by molar-refractivity contribution is -0.385. The van der Waals surface area contributed by atoms with Crippen LogP contribution in [0.2, 0.25) is 0 Å². The Balaban J connectivity index is 1.99. The van der Waals surface area contributed by atoms with E-state index in [1.54, 1.807) is 6.92 Å². The highest BCUT2D eigenvalue weighted by Gasteiger charge is 2.22. The summed E-state index contributed by atoms with van der Waals surface area (Å²) in [5, 5.41) is 13.8. The highest BCUT2D eigenvalue weighted by molar-refractivity contribution is 5.93. The van der Waals surface area contributed by atoms with Crippen LogP contribution in [0.1, 0.15) is 29.8 Å². The van der Waals surface area contributed by atoms with Crippen LogP contribution in [0.5, 0.6) is 5.75 Å². The molecule has 0 aliphatic heterocycles. The highest BCUT2D eigenvalue weighted by atomic mass is 16.6. The van der Waals surface area contributed by atoms with E-state index < -0.39 is 22.9 Å². The van der Waals surface area contributed by atoms with E-state index in [0.29, 0.717) is 6.54 Å². The second-order valence-electron chi connectivity index (χ2n) is 5.62. The molecule has 0 bridgehead atoms. The van der Waals surface area contributed by atoms with Crippen molar-refractivity contribution >= 4 is 17.6 Å². The van der Waals surface area contributed by atoms with E-state index >= 15 is 0 Å². The molecule has 2 aromatic rings. The zero-order chi connectivity index (χ0) is 19.8. The van der Waals surface area contributed by atoms with Crippen LogP contribution < -0.4 is 10.1 Å². The number of nitro benzene ring substituents is 1. The number of nitrogens with one attached hydrogen (secondary N) is 1. The Morgan fingerprint density at radius 3 is 2.52 bits per heavy atom. The van der Waals surface area contributed by atoms with Gasteiger partial charge >= 0.3 is 11.7 Å². The molecule has 0 unspecified atom stereocenters. The fraction of sp³-hybridized carbons (Fsp3) is 0.263. The van der Waals surface area contributed by atoms with Crippen LogP contribution in [0.4, 0.5) is 5.69 Å². The molecule has 0 aromatic heterocycles. The van der Waals surface area contributed by atoms with Crippen LogP contribution in [0, 0.1) is 10.1 Å². The third-order valence-electron chi connectivity index (χ3n) is 3.65. The van der Waals surface area contributed by atoms with Crippen LogP contribution in [-0.2, 0) is 16.1 Å². The summed E-state index contributed by atoms with van der Waals surface area (Å²) >= 11 is 0. The fourth-order valence-electron chi connectivity index (χ4n) is 2.28. The molecule has 8 nitrogen and oxygen atoms in total. The maximum Gasteiger partial charge on any atom is 0.339 e. The molecule has 2 rings (SSSR count). The molecule has 8 heteroatoms. The number of hydrogen-bond donors (Lipinski definition) is 1. The minimum Gasteiger partial charge on any atom is -0.487 e. The topological polar surface area (TPSA) is 108 Å². The van der Waals surface area contributed by atoms with E-state index in [0.717, 1.165) is 11.6 Å². The van der Waals surface area contributed by atoms with Gasteiger partial charge in [0.2, 0.25) is 0 Å². The Kier molecular flexibility index (Phi) is 6.87. The van der Waals surface area contributed by atoms with Gasteiger partial charge in [0, 0.05) is 12.6 Å². The van der Waals surface area contributed by atoms with Crippen molar-refractivity contribution in [2.24, 2.45) is 0 Å². The number of carbonyl (C=O) groups is 2. The predicted molar refractivity (Wildman–Crippen MR) is 97.4 cm³/mol. The maximum atomic E-state index is 12.2. The zero-order valence-electron chi connectivity index (χ0n) is 15.0. The van der Waals surface area contributed by atoms with Crippen LogP contribution >= 0.6 is 0 Å². The van der Waals surface area contributed by atoms with Crippen LogP contribution in [0.25, 0.3) is 0 Å². The summed E-state index contributed by atoms with van der Waals surface area (Å²) in [5.41, 5.74) is 0.534. The highest BCUT2D eigenvalue weighted by Crippen LogP contribution is 2.28.